The van der Waals surface area contributed by atoms with E-state index in [9.17, 15) is 4.79 Å². The molecule has 0 N–H and O–H groups in total. The fourth-order valence-corrected chi connectivity index (χ4v) is 3.60. The van der Waals surface area contributed by atoms with Crippen LogP contribution in [-0.2, 0) is 11.3 Å². The van der Waals surface area contributed by atoms with Crippen LogP contribution in [0.4, 0.5) is 0 Å². The van der Waals surface area contributed by atoms with Gasteiger partial charge in [-0.3, -0.25) is 4.57 Å². The SMILES string of the molecule is COCCCn1c(=O)nc(-c2ccc(Br)cc2)c2oc3ccc(Cl)cc3c21. The molecule has 7 heteroatoms. The summed E-state index contributed by atoms with van der Waals surface area (Å²) in [6.45, 7) is 1.04. The summed E-state index contributed by atoms with van der Waals surface area (Å²) in [7, 11) is 1.64. The highest BCUT2D eigenvalue weighted by molar-refractivity contribution is 9.10. The zero-order valence-electron chi connectivity index (χ0n) is 14.5. The summed E-state index contributed by atoms with van der Waals surface area (Å²) < 4.78 is 13.8. The largest absolute Gasteiger partial charge is 0.452 e. The summed E-state index contributed by atoms with van der Waals surface area (Å²) in [4.78, 5) is 17.2. The molecule has 2 heterocycles. The Balaban J connectivity index is 2.03. The van der Waals surface area contributed by atoms with Gasteiger partial charge < -0.3 is 9.15 Å². The Kier molecular flexibility index (Phi) is 5.04. The predicted molar refractivity (Wildman–Crippen MR) is 110 cm³/mol. The van der Waals surface area contributed by atoms with Crippen LogP contribution in [0.3, 0.4) is 0 Å². The van der Waals surface area contributed by atoms with Gasteiger partial charge in [0, 0.05) is 40.7 Å². The third-order valence-corrected chi connectivity index (χ3v) is 5.16. The Bertz CT molecular complexity index is 1180. The Labute approximate surface area is 168 Å². The first-order valence-corrected chi connectivity index (χ1v) is 9.63. The van der Waals surface area contributed by atoms with Crippen molar-refractivity contribution in [3.8, 4) is 11.3 Å². The first-order valence-electron chi connectivity index (χ1n) is 8.46. The first-order chi connectivity index (χ1) is 13.1. The van der Waals surface area contributed by atoms with Crippen molar-refractivity contribution in [1.82, 2.24) is 9.55 Å². The Morgan fingerprint density at radius 2 is 2.00 bits per heavy atom. The molecule has 2 aromatic carbocycles. The Morgan fingerprint density at radius 1 is 1.22 bits per heavy atom. The molecule has 0 spiro atoms. The van der Waals surface area contributed by atoms with Gasteiger partial charge in [-0.2, -0.15) is 4.98 Å². The summed E-state index contributed by atoms with van der Waals surface area (Å²) >= 11 is 9.63. The highest BCUT2D eigenvalue weighted by Crippen LogP contribution is 2.35. The summed E-state index contributed by atoms with van der Waals surface area (Å²) in [5.41, 5.74) is 2.97. The summed E-state index contributed by atoms with van der Waals surface area (Å²) in [5, 5.41) is 1.39. The number of methoxy groups -OCH3 is 1. The molecule has 0 unspecified atom stereocenters. The highest BCUT2D eigenvalue weighted by atomic mass is 79.9. The second-order valence-electron chi connectivity index (χ2n) is 6.17. The van der Waals surface area contributed by atoms with E-state index < -0.39 is 0 Å². The number of halogens is 2. The van der Waals surface area contributed by atoms with Crippen molar-refractivity contribution < 1.29 is 9.15 Å². The number of fused-ring (bicyclic) bond motifs is 3. The molecule has 4 aromatic rings. The van der Waals surface area contributed by atoms with Crippen LogP contribution in [0, 0.1) is 0 Å². The number of ether oxygens (including phenoxy) is 1. The fraction of sp³-hybridized carbons (Fsp3) is 0.200. The van der Waals surface area contributed by atoms with Crippen molar-refractivity contribution in [1.29, 1.82) is 0 Å². The molecule has 0 saturated carbocycles. The van der Waals surface area contributed by atoms with Gasteiger partial charge in [0.05, 0.1) is 0 Å². The minimum absolute atomic E-state index is 0.320. The summed E-state index contributed by atoms with van der Waals surface area (Å²) in [6.07, 6.45) is 0.693. The van der Waals surface area contributed by atoms with Crippen LogP contribution in [0.1, 0.15) is 6.42 Å². The molecule has 0 aliphatic carbocycles. The van der Waals surface area contributed by atoms with Gasteiger partial charge in [-0.05, 0) is 36.8 Å². The maximum absolute atomic E-state index is 12.8. The molecule has 138 valence electrons. The summed E-state index contributed by atoms with van der Waals surface area (Å²) in [5.74, 6) is 0. The molecular formula is C20H16BrClN2O3. The molecule has 0 saturated heterocycles. The van der Waals surface area contributed by atoms with Crippen molar-refractivity contribution in [2.75, 3.05) is 13.7 Å². The van der Waals surface area contributed by atoms with Gasteiger partial charge in [-0.25, -0.2) is 4.79 Å². The number of hydrogen-bond acceptors (Lipinski definition) is 4. The summed E-state index contributed by atoms with van der Waals surface area (Å²) in [6, 6.07) is 13.0. The predicted octanol–water partition coefficient (Wildman–Crippen LogP) is 5.26. The molecule has 4 rings (SSSR count). The van der Waals surface area contributed by atoms with E-state index in [0.717, 1.165) is 15.4 Å². The molecule has 0 amide bonds. The van der Waals surface area contributed by atoms with Crippen molar-refractivity contribution in [2.24, 2.45) is 0 Å². The monoisotopic (exact) mass is 446 g/mol. The first kappa shape index (κ1) is 18.2. The van der Waals surface area contributed by atoms with Crippen LogP contribution in [0.25, 0.3) is 33.3 Å². The number of furan rings is 1. The van der Waals surface area contributed by atoms with E-state index in [0.29, 0.717) is 47.0 Å². The third kappa shape index (κ3) is 3.40. The molecule has 5 nitrogen and oxygen atoms in total. The fourth-order valence-electron chi connectivity index (χ4n) is 3.17. The lowest BCUT2D eigenvalue weighted by Gasteiger charge is -2.09. The number of benzene rings is 2. The maximum Gasteiger partial charge on any atom is 0.348 e. The maximum atomic E-state index is 12.8. The molecule has 0 aliphatic rings. The lowest BCUT2D eigenvalue weighted by molar-refractivity contribution is 0.190. The lowest BCUT2D eigenvalue weighted by atomic mass is 10.1. The molecule has 0 bridgehead atoms. The molecule has 0 fully saturated rings. The third-order valence-electron chi connectivity index (χ3n) is 4.40. The van der Waals surface area contributed by atoms with Crippen LogP contribution in [0.5, 0.6) is 0 Å². The van der Waals surface area contributed by atoms with Crippen molar-refractivity contribution in [3.05, 3.63) is 62.4 Å². The molecule has 27 heavy (non-hydrogen) atoms. The van der Waals surface area contributed by atoms with Gasteiger partial charge in [-0.15, -0.1) is 0 Å². The van der Waals surface area contributed by atoms with Crippen LogP contribution >= 0.6 is 27.5 Å². The van der Waals surface area contributed by atoms with Crippen molar-refractivity contribution >= 4 is 49.6 Å². The van der Waals surface area contributed by atoms with Gasteiger partial charge in [0.25, 0.3) is 0 Å². The molecule has 0 atom stereocenters. The van der Waals surface area contributed by atoms with Gasteiger partial charge in [0.2, 0.25) is 0 Å². The second-order valence-corrected chi connectivity index (χ2v) is 7.52. The molecule has 0 aliphatic heterocycles. The van der Waals surface area contributed by atoms with Crippen LogP contribution < -0.4 is 5.69 Å². The number of rotatable bonds is 5. The minimum Gasteiger partial charge on any atom is -0.452 e. The Morgan fingerprint density at radius 3 is 2.74 bits per heavy atom. The van der Waals surface area contributed by atoms with E-state index in [1.807, 2.05) is 36.4 Å². The van der Waals surface area contributed by atoms with E-state index in [1.54, 1.807) is 17.7 Å². The normalized spacial score (nSPS) is 11.5. The Hall–Kier alpha value is -2.15. The lowest BCUT2D eigenvalue weighted by Crippen LogP contribution is -2.24. The van der Waals surface area contributed by atoms with E-state index in [4.69, 9.17) is 20.8 Å². The zero-order valence-corrected chi connectivity index (χ0v) is 16.9. The molecular weight excluding hydrogens is 432 g/mol. The van der Waals surface area contributed by atoms with Gasteiger partial charge in [-0.1, -0.05) is 39.7 Å². The van der Waals surface area contributed by atoms with Crippen molar-refractivity contribution in [2.45, 2.75) is 13.0 Å². The van der Waals surface area contributed by atoms with Crippen molar-refractivity contribution in [3.63, 3.8) is 0 Å². The van der Waals surface area contributed by atoms with Crippen LogP contribution in [0.2, 0.25) is 5.02 Å². The smallest absolute Gasteiger partial charge is 0.348 e. The van der Waals surface area contributed by atoms with E-state index in [2.05, 4.69) is 20.9 Å². The van der Waals surface area contributed by atoms with Gasteiger partial charge in [0.1, 0.15) is 16.8 Å². The number of hydrogen-bond donors (Lipinski definition) is 0. The standard InChI is InChI=1S/C20H16BrClN2O3/c1-26-10-2-9-24-18-15-11-14(22)7-8-16(15)27-19(18)17(23-20(24)25)12-3-5-13(21)6-4-12/h3-8,11H,2,9-10H2,1H3. The van der Waals surface area contributed by atoms with Crippen LogP contribution in [-0.4, -0.2) is 23.3 Å². The topological polar surface area (TPSA) is 57.3 Å². The van der Waals surface area contributed by atoms with Gasteiger partial charge in [0.15, 0.2) is 5.58 Å². The van der Waals surface area contributed by atoms with Crippen LogP contribution in [0.15, 0.2) is 56.1 Å². The number of aryl methyl sites for hydroxylation is 1. The van der Waals surface area contributed by atoms with E-state index in [-0.39, 0.29) is 5.69 Å². The quantitative estimate of drug-likeness (QED) is 0.391. The molecule has 2 aromatic heterocycles. The van der Waals surface area contributed by atoms with E-state index >= 15 is 0 Å². The van der Waals surface area contributed by atoms with Gasteiger partial charge >= 0.3 is 5.69 Å². The highest BCUT2D eigenvalue weighted by Gasteiger charge is 2.19. The zero-order chi connectivity index (χ0) is 19.0. The molecule has 0 radical (unpaired) electrons. The van der Waals surface area contributed by atoms with E-state index in [1.165, 1.54) is 0 Å². The average molecular weight is 448 g/mol. The minimum atomic E-state index is -0.320. The second kappa shape index (κ2) is 7.46. The number of aromatic nitrogens is 2. The average Bonchev–Trinajstić information content (AvgIpc) is 3.03. The number of nitrogens with zero attached hydrogens (tertiary/aromatic N) is 2.